The molecule has 104 valence electrons. The van der Waals surface area contributed by atoms with E-state index in [9.17, 15) is 4.79 Å². The van der Waals surface area contributed by atoms with Crippen LogP contribution < -0.4 is 10.6 Å². The Morgan fingerprint density at radius 1 is 1.35 bits per heavy atom. The summed E-state index contributed by atoms with van der Waals surface area (Å²) >= 11 is 6.06. The van der Waals surface area contributed by atoms with Crippen LogP contribution in [0.4, 0.5) is 0 Å². The van der Waals surface area contributed by atoms with E-state index >= 15 is 0 Å². The molecule has 2 bridgehead atoms. The smallest absolute Gasteiger partial charge is 0.253 e. The Kier molecular flexibility index (Phi) is 2.75. The van der Waals surface area contributed by atoms with E-state index in [4.69, 9.17) is 11.6 Å². The number of halogens is 1. The number of carbonyl (C=O) groups is 1. The second-order valence-corrected chi connectivity index (χ2v) is 6.14. The number of fused-ring (bicyclic) bond motifs is 3. The van der Waals surface area contributed by atoms with Gasteiger partial charge in [-0.1, -0.05) is 11.6 Å². The van der Waals surface area contributed by atoms with Gasteiger partial charge in [0.2, 0.25) is 0 Å². The Bertz CT molecular complexity index is 681. The summed E-state index contributed by atoms with van der Waals surface area (Å²) in [6.45, 7) is 0. The highest BCUT2D eigenvalue weighted by Gasteiger charge is 2.39. The Balaban J connectivity index is 1.54. The maximum Gasteiger partial charge on any atom is 0.253 e. The number of pyridine rings is 1. The molecule has 5 heteroatoms. The van der Waals surface area contributed by atoms with Crippen molar-refractivity contribution in [1.29, 1.82) is 0 Å². The zero-order chi connectivity index (χ0) is 13.7. The topological polar surface area (TPSA) is 45.5 Å². The van der Waals surface area contributed by atoms with E-state index in [2.05, 4.69) is 10.6 Å². The molecule has 0 aliphatic carbocycles. The summed E-state index contributed by atoms with van der Waals surface area (Å²) in [6, 6.07) is 6.86. The number of amides is 1. The minimum atomic E-state index is -0.00364. The largest absolute Gasteiger partial charge is 0.348 e. The normalized spacial score (nSPS) is 28.1. The first kappa shape index (κ1) is 12.2. The van der Waals surface area contributed by atoms with E-state index < -0.39 is 0 Å². The summed E-state index contributed by atoms with van der Waals surface area (Å²) < 4.78 is 1.89. The molecule has 2 saturated heterocycles. The van der Waals surface area contributed by atoms with E-state index in [-0.39, 0.29) is 11.9 Å². The van der Waals surface area contributed by atoms with Gasteiger partial charge in [-0.3, -0.25) is 4.79 Å². The molecule has 2 aliphatic rings. The maximum atomic E-state index is 12.3. The van der Waals surface area contributed by atoms with Crippen LogP contribution in [0.15, 0.2) is 30.6 Å². The molecule has 4 nitrogen and oxygen atoms in total. The minimum absolute atomic E-state index is 0.00364. The molecular weight excluding hydrogens is 274 g/mol. The molecule has 2 aromatic rings. The van der Waals surface area contributed by atoms with Crippen molar-refractivity contribution in [3.05, 3.63) is 41.2 Å². The quantitative estimate of drug-likeness (QED) is 0.890. The molecule has 2 N–H and O–H groups in total. The fraction of sp³-hybridized carbons (Fsp3) is 0.400. The second kappa shape index (κ2) is 4.50. The fourth-order valence-corrected chi connectivity index (χ4v) is 3.66. The third kappa shape index (κ3) is 1.91. The van der Waals surface area contributed by atoms with Crippen LogP contribution in [-0.4, -0.2) is 28.4 Å². The number of aromatic nitrogens is 1. The molecule has 4 rings (SSSR count). The van der Waals surface area contributed by atoms with Crippen LogP contribution in [0, 0.1) is 0 Å². The van der Waals surface area contributed by atoms with Crippen molar-refractivity contribution < 1.29 is 4.79 Å². The highest BCUT2D eigenvalue weighted by Crippen LogP contribution is 2.28. The zero-order valence-electron chi connectivity index (χ0n) is 11.0. The molecule has 0 spiro atoms. The molecule has 1 amide bonds. The first-order valence-electron chi connectivity index (χ1n) is 7.04. The molecule has 3 atom stereocenters. The standard InChI is InChI=1S/C15H16ClN3O/c16-11-5-6-19-8-9(1-4-14(11)19)15(20)18-13-7-10-2-3-12(13)17-10/h1,4-6,8,10,12-13,17H,2-3,7H2,(H,18,20)/t10-,12+,13-/m1/s1. The lowest BCUT2D eigenvalue weighted by molar-refractivity contribution is 0.0930. The van der Waals surface area contributed by atoms with Gasteiger partial charge in [-0.25, -0.2) is 0 Å². The zero-order valence-corrected chi connectivity index (χ0v) is 11.7. The predicted octanol–water partition coefficient (Wildman–Crippen LogP) is 2.22. The molecule has 4 heterocycles. The van der Waals surface area contributed by atoms with E-state index in [1.807, 2.05) is 35.0 Å². The van der Waals surface area contributed by atoms with Gasteiger partial charge in [0.15, 0.2) is 0 Å². The first-order valence-corrected chi connectivity index (χ1v) is 7.41. The Morgan fingerprint density at radius 3 is 3.00 bits per heavy atom. The molecule has 0 saturated carbocycles. The van der Waals surface area contributed by atoms with Crippen LogP contribution in [0.3, 0.4) is 0 Å². The van der Waals surface area contributed by atoms with Gasteiger partial charge in [0.25, 0.3) is 5.91 Å². The average Bonchev–Trinajstić information content (AvgIpc) is 3.14. The minimum Gasteiger partial charge on any atom is -0.348 e. The average molecular weight is 290 g/mol. The molecule has 2 aliphatic heterocycles. The molecule has 2 fully saturated rings. The van der Waals surface area contributed by atoms with Crippen LogP contribution in [0.2, 0.25) is 5.02 Å². The van der Waals surface area contributed by atoms with Crippen molar-refractivity contribution in [2.24, 2.45) is 0 Å². The van der Waals surface area contributed by atoms with Crippen molar-refractivity contribution in [1.82, 2.24) is 15.0 Å². The van der Waals surface area contributed by atoms with Crippen LogP contribution >= 0.6 is 11.6 Å². The third-order valence-corrected chi connectivity index (χ3v) is 4.80. The lowest BCUT2D eigenvalue weighted by Gasteiger charge is -2.21. The van der Waals surface area contributed by atoms with E-state index in [1.165, 1.54) is 12.8 Å². The Hall–Kier alpha value is -1.52. The van der Waals surface area contributed by atoms with Crippen LogP contribution in [0.25, 0.3) is 5.52 Å². The summed E-state index contributed by atoms with van der Waals surface area (Å²) in [5.74, 6) is -0.00364. The van der Waals surface area contributed by atoms with Gasteiger partial charge < -0.3 is 15.0 Å². The van der Waals surface area contributed by atoms with Crippen LogP contribution in [0.1, 0.15) is 29.6 Å². The van der Waals surface area contributed by atoms with Crippen LogP contribution in [-0.2, 0) is 0 Å². The monoisotopic (exact) mass is 289 g/mol. The summed E-state index contributed by atoms with van der Waals surface area (Å²) in [5, 5.41) is 7.38. The number of nitrogens with one attached hydrogen (secondary N) is 2. The summed E-state index contributed by atoms with van der Waals surface area (Å²) in [7, 11) is 0. The Morgan fingerprint density at radius 2 is 2.25 bits per heavy atom. The van der Waals surface area contributed by atoms with Gasteiger partial charge in [0, 0.05) is 30.5 Å². The number of carbonyl (C=O) groups excluding carboxylic acids is 1. The van der Waals surface area contributed by atoms with Gasteiger partial charge in [0.1, 0.15) is 0 Å². The van der Waals surface area contributed by atoms with Gasteiger partial charge in [-0.15, -0.1) is 0 Å². The van der Waals surface area contributed by atoms with Crippen molar-refractivity contribution >= 4 is 23.0 Å². The van der Waals surface area contributed by atoms with Gasteiger partial charge in [0.05, 0.1) is 16.1 Å². The van der Waals surface area contributed by atoms with Crippen molar-refractivity contribution in [3.63, 3.8) is 0 Å². The number of nitrogens with zero attached hydrogens (tertiary/aromatic N) is 1. The highest BCUT2D eigenvalue weighted by molar-refractivity contribution is 6.34. The number of hydrogen-bond donors (Lipinski definition) is 2. The third-order valence-electron chi connectivity index (χ3n) is 4.48. The maximum absolute atomic E-state index is 12.3. The van der Waals surface area contributed by atoms with Crippen molar-refractivity contribution in [3.8, 4) is 0 Å². The fourth-order valence-electron chi connectivity index (χ4n) is 3.44. The lowest BCUT2D eigenvalue weighted by atomic mass is 9.95. The summed E-state index contributed by atoms with van der Waals surface area (Å²) in [6.07, 6.45) is 7.16. The molecular formula is C15H16ClN3O. The second-order valence-electron chi connectivity index (χ2n) is 5.74. The van der Waals surface area contributed by atoms with E-state index in [0.29, 0.717) is 22.7 Å². The van der Waals surface area contributed by atoms with E-state index in [0.717, 1.165) is 11.9 Å². The van der Waals surface area contributed by atoms with Crippen molar-refractivity contribution in [2.45, 2.75) is 37.4 Å². The van der Waals surface area contributed by atoms with Gasteiger partial charge in [-0.05, 0) is 37.5 Å². The van der Waals surface area contributed by atoms with E-state index in [1.54, 1.807) is 0 Å². The Labute approximate surface area is 122 Å². The van der Waals surface area contributed by atoms with Crippen LogP contribution in [0.5, 0.6) is 0 Å². The van der Waals surface area contributed by atoms with Gasteiger partial charge >= 0.3 is 0 Å². The van der Waals surface area contributed by atoms with Gasteiger partial charge in [-0.2, -0.15) is 0 Å². The number of hydrogen-bond acceptors (Lipinski definition) is 2. The lowest BCUT2D eigenvalue weighted by Crippen LogP contribution is -2.42. The molecule has 2 aromatic heterocycles. The number of rotatable bonds is 2. The molecule has 20 heavy (non-hydrogen) atoms. The van der Waals surface area contributed by atoms with Crippen molar-refractivity contribution in [2.75, 3.05) is 0 Å². The SMILES string of the molecule is O=C(N[C@@H]1C[C@H]2CC[C@@H]1N2)c1ccc2c(Cl)ccn2c1. The molecule has 0 aromatic carbocycles. The highest BCUT2D eigenvalue weighted by atomic mass is 35.5. The predicted molar refractivity (Wildman–Crippen MR) is 78.2 cm³/mol. The first-order chi connectivity index (χ1) is 9.70. The molecule has 0 radical (unpaired) electrons. The summed E-state index contributed by atoms with van der Waals surface area (Å²) in [5.41, 5.74) is 1.59. The summed E-state index contributed by atoms with van der Waals surface area (Å²) in [4.78, 5) is 12.3. The molecule has 0 unspecified atom stereocenters.